The first kappa shape index (κ1) is 23.7. The maximum atomic E-state index is 12.0. The Hall–Kier alpha value is -3.41. The first-order valence-electron chi connectivity index (χ1n) is 10.3. The van der Waals surface area contributed by atoms with E-state index in [9.17, 15) is 20.0 Å². The molecule has 4 rings (SSSR count). The Morgan fingerprint density at radius 2 is 1.91 bits per heavy atom. The van der Waals surface area contributed by atoms with E-state index in [1.165, 1.54) is 18.2 Å². The second-order valence-corrected chi connectivity index (χ2v) is 9.13. The number of nitrogens with zero attached hydrogens (tertiary/aromatic N) is 5. The summed E-state index contributed by atoms with van der Waals surface area (Å²) >= 11 is 6.79. The summed E-state index contributed by atoms with van der Waals surface area (Å²) in [6.07, 6.45) is 1.44. The van der Waals surface area contributed by atoms with Gasteiger partial charge in [-0.3, -0.25) is 15.2 Å². The van der Waals surface area contributed by atoms with Crippen LogP contribution >= 0.6 is 23.4 Å². The molecule has 1 aliphatic rings. The number of carbonyl (C=O) groups is 1. The smallest absolute Gasteiger partial charge is 0.342 e. The van der Waals surface area contributed by atoms with Crippen molar-refractivity contribution in [3.05, 3.63) is 68.1 Å². The van der Waals surface area contributed by atoms with Gasteiger partial charge >= 0.3 is 5.97 Å². The number of aromatic amines is 1. The number of thioether (sulfide) groups is 1. The number of nitro benzene ring substituents is 1. The molecule has 0 saturated carbocycles. The fraction of sp³-hybridized carbons (Fsp3) is 0.227. The number of likely N-dealkylation sites (N-methyl/N-ethyl adjacent to an activating group) is 1. The molecule has 0 spiro atoms. The molecule has 1 saturated heterocycles. The van der Waals surface area contributed by atoms with Gasteiger partial charge in [-0.15, -0.1) is 5.10 Å². The van der Waals surface area contributed by atoms with Crippen LogP contribution in [0.25, 0.3) is 17.5 Å². The molecular weight excluding hydrogens is 480 g/mol. The van der Waals surface area contributed by atoms with Gasteiger partial charge in [-0.1, -0.05) is 11.6 Å². The molecule has 1 fully saturated rings. The molecule has 0 atom stereocenters. The zero-order chi connectivity index (χ0) is 24.2. The van der Waals surface area contributed by atoms with Crippen LogP contribution in [0.15, 0.2) is 52.5 Å². The topological polar surface area (TPSA) is 128 Å². The quantitative estimate of drug-likeness (QED) is 0.214. The minimum Gasteiger partial charge on any atom is -0.477 e. The van der Waals surface area contributed by atoms with Crippen LogP contribution in [0.4, 0.5) is 11.4 Å². The summed E-state index contributed by atoms with van der Waals surface area (Å²) in [6, 6.07) is 11.5. The number of piperazine rings is 1. The van der Waals surface area contributed by atoms with Crippen molar-refractivity contribution < 1.29 is 14.8 Å². The van der Waals surface area contributed by atoms with Gasteiger partial charge < -0.3 is 14.9 Å². The number of hydrogen-bond acceptors (Lipinski definition) is 8. The van der Waals surface area contributed by atoms with Crippen LogP contribution in [0.3, 0.4) is 0 Å². The van der Waals surface area contributed by atoms with Gasteiger partial charge in [0.05, 0.1) is 4.92 Å². The van der Waals surface area contributed by atoms with Crippen molar-refractivity contribution in [2.75, 3.05) is 38.1 Å². The summed E-state index contributed by atoms with van der Waals surface area (Å²) < 4.78 is 0. The number of nitrogens with one attached hydrogen (secondary N) is 1. The highest BCUT2D eigenvalue weighted by Crippen LogP contribution is 2.33. The number of rotatable bonds is 7. The van der Waals surface area contributed by atoms with E-state index >= 15 is 0 Å². The van der Waals surface area contributed by atoms with E-state index in [4.69, 9.17) is 11.6 Å². The van der Waals surface area contributed by atoms with E-state index < -0.39 is 10.9 Å². The molecule has 0 amide bonds. The van der Waals surface area contributed by atoms with Gasteiger partial charge in [-0.05, 0) is 55.2 Å². The van der Waals surface area contributed by atoms with Gasteiger partial charge in [0.1, 0.15) is 4.91 Å². The molecule has 2 N–H and O–H groups in total. The van der Waals surface area contributed by atoms with E-state index in [0.29, 0.717) is 16.4 Å². The summed E-state index contributed by atoms with van der Waals surface area (Å²) in [5.41, 5.74) is 1.84. The molecule has 176 valence electrons. The Kier molecular flexibility index (Phi) is 7.15. The van der Waals surface area contributed by atoms with Gasteiger partial charge in [0.15, 0.2) is 5.82 Å². The number of benzene rings is 2. The predicted octanol–water partition coefficient (Wildman–Crippen LogP) is 4.00. The maximum absolute atomic E-state index is 12.0. The molecule has 2 heterocycles. The summed E-state index contributed by atoms with van der Waals surface area (Å²) in [5.74, 6) is -0.712. The third-order valence-electron chi connectivity index (χ3n) is 5.35. The highest BCUT2D eigenvalue weighted by Gasteiger charge is 2.21. The Morgan fingerprint density at radius 3 is 2.56 bits per heavy atom. The van der Waals surface area contributed by atoms with Crippen molar-refractivity contribution in [1.29, 1.82) is 0 Å². The van der Waals surface area contributed by atoms with E-state index in [-0.39, 0.29) is 15.7 Å². The van der Waals surface area contributed by atoms with Crippen molar-refractivity contribution in [3.8, 4) is 11.4 Å². The molecule has 2 aromatic carbocycles. The van der Waals surface area contributed by atoms with Crippen LogP contribution in [0.1, 0.15) is 5.56 Å². The van der Waals surface area contributed by atoms with E-state index in [1.807, 2.05) is 7.05 Å². The third-order valence-corrected chi connectivity index (χ3v) is 6.48. The molecular formula is C22H21ClN6O4S. The first-order valence-corrected chi connectivity index (χ1v) is 11.5. The van der Waals surface area contributed by atoms with Crippen LogP contribution < -0.4 is 4.90 Å². The lowest BCUT2D eigenvalue weighted by Gasteiger charge is -2.34. The molecule has 0 radical (unpaired) electrons. The standard InChI is InChI=1S/C22H21ClN6O4S/c1-27-8-10-28(11-9-27)18-7-6-17(29(32)33)12-15(18)13-19(21(30)31)34-22-24-20(25-26-22)14-2-4-16(23)5-3-14/h2-7,12-13H,8-11H2,1H3,(H,30,31)(H,24,25,26)/b19-13+. The van der Waals surface area contributed by atoms with Crippen LogP contribution in [0.5, 0.6) is 0 Å². The van der Waals surface area contributed by atoms with E-state index in [2.05, 4.69) is 25.0 Å². The molecule has 0 unspecified atom stereocenters. The second kappa shape index (κ2) is 10.2. The number of carboxylic acids is 1. The zero-order valence-corrected chi connectivity index (χ0v) is 19.7. The number of non-ortho nitro benzene ring substituents is 1. The van der Waals surface area contributed by atoms with Crippen LogP contribution in [0, 0.1) is 10.1 Å². The van der Waals surface area contributed by atoms with Crippen LogP contribution in [-0.4, -0.2) is 69.3 Å². The molecule has 0 aliphatic carbocycles. The Balaban J connectivity index is 1.66. The van der Waals surface area contributed by atoms with Gasteiger partial charge in [0.2, 0.25) is 5.16 Å². The minimum absolute atomic E-state index is 0.0578. The number of aromatic nitrogens is 3. The van der Waals surface area contributed by atoms with Crippen molar-refractivity contribution in [1.82, 2.24) is 20.1 Å². The molecule has 12 heteroatoms. The lowest BCUT2D eigenvalue weighted by Crippen LogP contribution is -2.44. The largest absolute Gasteiger partial charge is 0.477 e. The summed E-state index contributed by atoms with van der Waals surface area (Å²) in [5, 5.41) is 28.9. The Bertz CT molecular complexity index is 1240. The summed E-state index contributed by atoms with van der Waals surface area (Å²) in [4.78, 5) is 31.5. The number of H-pyrrole nitrogens is 1. The average Bonchev–Trinajstić information content (AvgIpc) is 3.28. The second-order valence-electron chi connectivity index (χ2n) is 7.68. The Morgan fingerprint density at radius 1 is 1.21 bits per heavy atom. The summed E-state index contributed by atoms with van der Waals surface area (Å²) in [6.45, 7) is 3.14. The highest BCUT2D eigenvalue weighted by molar-refractivity contribution is 8.04. The number of carboxylic acid groups (broad SMARTS) is 1. The number of aliphatic carboxylic acids is 1. The molecule has 34 heavy (non-hydrogen) atoms. The monoisotopic (exact) mass is 500 g/mol. The minimum atomic E-state index is -1.18. The normalized spacial score (nSPS) is 14.9. The third kappa shape index (κ3) is 5.56. The van der Waals surface area contributed by atoms with Gasteiger partial charge in [0.25, 0.3) is 5.69 Å². The number of halogens is 1. The lowest BCUT2D eigenvalue weighted by atomic mass is 10.1. The molecule has 10 nitrogen and oxygen atoms in total. The summed E-state index contributed by atoms with van der Waals surface area (Å²) in [7, 11) is 2.03. The van der Waals surface area contributed by atoms with Gasteiger partial charge in [-0.25, -0.2) is 9.78 Å². The number of hydrogen-bond donors (Lipinski definition) is 2. The van der Waals surface area contributed by atoms with Gasteiger partial charge in [-0.2, -0.15) is 0 Å². The lowest BCUT2D eigenvalue weighted by molar-refractivity contribution is -0.384. The van der Waals surface area contributed by atoms with Gasteiger partial charge in [0, 0.05) is 60.1 Å². The van der Waals surface area contributed by atoms with Crippen molar-refractivity contribution in [3.63, 3.8) is 0 Å². The number of nitro groups is 1. The van der Waals surface area contributed by atoms with Crippen molar-refractivity contribution >= 4 is 46.8 Å². The molecule has 0 bridgehead atoms. The molecule has 3 aromatic rings. The predicted molar refractivity (Wildman–Crippen MR) is 131 cm³/mol. The zero-order valence-electron chi connectivity index (χ0n) is 18.1. The average molecular weight is 501 g/mol. The van der Waals surface area contributed by atoms with Crippen LogP contribution in [0.2, 0.25) is 5.02 Å². The molecule has 1 aromatic heterocycles. The van der Waals surface area contributed by atoms with E-state index in [1.54, 1.807) is 30.3 Å². The fourth-order valence-corrected chi connectivity index (χ4v) is 4.33. The number of anilines is 1. The highest BCUT2D eigenvalue weighted by atomic mass is 35.5. The first-order chi connectivity index (χ1) is 16.3. The maximum Gasteiger partial charge on any atom is 0.342 e. The molecule has 1 aliphatic heterocycles. The van der Waals surface area contributed by atoms with Crippen LogP contribution in [-0.2, 0) is 4.79 Å². The van der Waals surface area contributed by atoms with Crippen molar-refractivity contribution in [2.24, 2.45) is 0 Å². The fourth-order valence-electron chi connectivity index (χ4n) is 3.51. The Labute approximate surface area is 204 Å². The van der Waals surface area contributed by atoms with E-state index in [0.717, 1.165) is 49.2 Å². The van der Waals surface area contributed by atoms with Crippen molar-refractivity contribution in [2.45, 2.75) is 5.16 Å². The SMILES string of the molecule is CN1CCN(c2ccc([N+](=O)[O-])cc2/C=C(/Sc2n[nH]c(-c3ccc(Cl)cc3)n2)C(=O)O)CC1.